The second-order valence-corrected chi connectivity index (χ2v) is 10.6. The van der Waals surface area contributed by atoms with Crippen molar-refractivity contribution in [3.8, 4) is 5.69 Å². The van der Waals surface area contributed by atoms with E-state index in [0.717, 1.165) is 40.8 Å². The number of nitrogens with zero attached hydrogens (tertiary/aromatic N) is 4. The van der Waals surface area contributed by atoms with E-state index >= 15 is 0 Å². The van der Waals surface area contributed by atoms with E-state index in [1.165, 1.54) is 16.9 Å². The summed E-state index contributed by atoms with van der Waals surface area (Å²) < 4.78 is 79.9. The molecular weight excluding hydrogens is 526 g/mol. The van der Waals surface area contributed by atoms with Crippen molar-refractivity contribution < 1.29 is 30.8 Å². The van der Waals surface area contributed by atoms with Gasteiger partial charge >= 0.3 is 6.18 Å². The minimum absolute atomic E-state index is 0.00535. The van der Waals surface area contributed by atoms with Gasteiger partial charge in [-0.25, -0.2) is 22.5 Å². The number of benzene rings is 1. The first-order valence-electron chi connectivity index (χ1n) is 10.7. The molecule has 1 saturated heterocycles. The topological polar surface area (TPSA) is 97.2 Å². The standard InChI is InChI=1S/C22H20ClF4N5O3S/c1-13-8-18(32(11-13)36(34,35)17-5-2-15(24)3-6-17)21(33)29-9-14-12-31(30-20(14)23)16-4-7-19(28-10-16)22(25,26)27/h2-7,10,12-13,18H,8-9,11H2,1H3,(H,29,33)/t13-,18+/m1/s1. The third-order valence-corrected chi connectivity index (χ3v) is 7.89. The number of halogens is 5. The van der Waals surface area contributed by atoms with Crippen molar-refractivity contribution in [1.29, 1.82) is 0 Å². The molecule has 8 nitrogen and oxygen atoms in total. The molecular formula is C22H20ClF4N5O3S. The summed E-state index contributed by atoms with van der Waals surface area (Å²) in [7, 11) is -4.04. The van der Waals surface area contributed by atoms with E-state index in [4.69, 9.17) is 11.6 Å². The van der Waals surface area contributed by atoms with Gasteiger partial charge in [0, 0.05) is 24.8 Å². The Balaban J connectivity index is 1.47. The number of carbonyl (C=O) groups excluding carboxylic acids is 1. The first kappa shape index (κ1) is 26.0. The summed E-state index contributed by atoms with van der Waals surface area (Å²) >= 11 is 6.14. The number of nitrogens with one attached hydrogen (secondary N) is 1. The van der Waals surface area contributed by atoms with Crippen molar-refractivity contribution >= 4 is 27.5 Å². The van der Waals surface area contributed by atoms with Crippen molar-refractivity contribution in [3.05, 3.63) is 71.0 Å². The fraction of sp³-hybridized carbons (Fsp3) is 0.318. The zero-order chi connectivity index (χ0) is 26.3. The number of sulfonamides is 1. The summed E-state index contributed by atoms with van der Waals surface area (Å²) in [4.78, 5) is 16.2. The maximum atomic E-state index is 13.2. The molecule has 0 bridgehead atoms. The fourth-order valence-corrected chi connectivity index (χ4v) is 5.80. The molecule has 1 aromatic carbocycles. The second-order valence-electron chi connectivity index (χ2n) is 8.39. The van der Waals surface area contributed by atoms with Crippen molar-refractivity contribution in [2.45, 2.75) is 37.0 Å². The van der Waals surface area contributed by atoms with Gasteiger partial charge in [-0.2, -0.15) is 22.6 Å². The lowest BCUT2D eigenvalue weighted by molar-refractivity contribution is -0.141. The summed E-state index contributed by atoms with van der Waals surface area (Å²) in [5.41, 5.74) is -0.463. The molecule has 1 amide bonds. The summed E-state index contributed by atoms with van der Waals surface area (Å²) in [5.74, 6) is -1.22. The molecule has 1 fully saturated rings. The Bertz CT molecular complexity index is 1360. The molecule has 14 heteroatoms. The molecule has 3 aromatic rings. The van der Waals surface area contributed by atoms with Crippen LogP contribution in [0.25, 0.3) is 5.69 Å². The van der Waals surface area contributed by atoms with E-state index in [1.54, 1.807) is 0 Å². The summed E-state index contributed by atoms with van der Waals surface area (Å²) in [6, 6.07) is 5.37. The van der Waals surface area contributed by atoms with Crippen LogP contribution < -0.4 is 5.32 Å². The predicted octanol–water partition coefficient (Wildman–Crippen LogP) is 3.79. The third-order valence-electron chi connectivity index (χ3n) is 5.68. The highest BCUT2D eigenvalue weighted by atomic mass is 35.5. The van der Waals surface area contributed by atoms with Crippen molar-refractivity contribution in [3.63, 3.8) is 0 Å². The first-order valence-corrected chi connectivity index (χ1v) is 12.5. The smallest absolute Gasteiger partial charge is 0.350 e. The number of amides is 1. The van der Waals surface area contributed by atoms with Crippen LogP contribution in [0.4, 0.5) is 17.6 Å². The Morgan fingerprint density at radius 2 is 1.89 bits per heavy atom. The lowest BCUT2D eigenvalue weighted by atomic mass is 10.1. The molecule has 0 saturated carbocycles. The van der Waals surface area contributed by atoms with Gasteiger partial charge < -0.3 is 5.32 Å². The first-order chi connectivity index (χ1) is 16.9. The zero-order valence-corrected chi connectivity index (χ0v) is 20.3. The number of pyridine rings is 1. The van der Waals surface area contributed by atoms with Crippen LogP contribution in [-0.2, 0) is 27.5 Å². The molecule has 2 aromatic heterocycles. The summed E-state index contributed by atoms with van der Waals surface area (Å²) in [6.45, 7) is 1.85. The van der Waals surface area contributed by atoms with E-state index in [-0.39, 0.29) is 41.2 Å². The molecule has 0 spiro atoms. The zero-order valence-electron chi connectivity index (χ0n) is 18.7. The van der Waals surface area contributed by atoms with E-state index < -0.39 is 39.7 Å². The second kappa shape index (κ2) is 9.79. The van der Waals surface area contributed by atoms with E-state index in [2.05, 4.69) is 15.4 Å². The van der Waals surface area contributed by atoms with Gasteiger partial charge in [0.25, 0.3) is 0 Å². The van der Waals surface area contributed by atoms with Crippen LogP contribution in [0.5, 0.6) is 0 Å². The third kappa shape index (κ3) is 5.37. The molecule has 3 heterocycles. The van der Waals surface area contributed by atoms with Gasteiger partial charge in [-0.1, -0.05) is 18.5 Å². The molecule has 2 atom stereocenters. The van der Waals surface area contributed by atoms with E-state index in [9.17, 15) is 30.8 Å². The quantitative estimate of drug-likeness (QED) is 0.475. The molecule has 0 unspecified atom stereocenters. The number of rotatable bonds is 6. The fourth-order valence-electron chi connectivity index (χ4n) is 3.88. The summed E-state index contributed by atoms with van der Waals surface area (Å²) in [6.07, 6.45) is -1.87. The largest absolute Gasteiger partial charge is 0.433 e. The van der Waals surface area contributed by atoms with E-state index in [0.29, 0.717) is 5.56 Å². The molecule has 192 valence electrons. The molecule has 1 aliphatic rings. The van der Waals surface area contributed by atoms with Crippen LogP contribution in [0.2, 0.25) is 5.15 Å². The number of aromatic nitrogens is 3. The summed E-state index contributed by atoms with van der Waals surface area (Å²) in [5, 5.41) is 6.69. The highest BCUT2D eigenvalue weighted by Crippen LogP contribution is 2.30. The van der Waals surface area contributed by atoms with Crippen LogP contribution in [0.3, 0.4) is 0 Å². The van der Waals surface area contributed by atoms with Gasteiger partial charge in [-0.15, -0.1) is 0 Å². The average Bonchev–Trinajstić information content (AvgIpc) is 3.40. The predicted molar refractivity (Wildman–Crippen MR) is 121 cm³/mol. The number of hydrogen-bond acceptors (Lipinski definition) is 5. The van der Waals surface area contributed by atoms with Crippen LogP contribution in [0, 0.1) is 11.7 Å². The molecule has 1 N–H and O–H groups in total. The van der Waals surface area contributed by atoms with Gasteiger partial charge in [0.05, 0.1) is 16.8 Å². The van der Waals surface area contributed by atoms with Crippen LogP contribution in [-0.4, -0.2) is 46.0 Å². The van der Waals surface area contributed by atoms with Gasteiger partial charge in [0.1, 0.15) is 17.6 Å². The van der Waals surface area contributed by atoms with Crippen molar-refractivity contribution in [2.75, 3.05) is 6.54 Å². The number of carbonyl (C=O) groups is 1. The monoisotopic (exact) mass is 545 g/mol. The van der Waals surface area contributed by atoms with Gasteiger partial charge in [0.2, 0.25) is 15.9 Å². The van der Waals surface area contributed by atoms with Gasteiger partial charge in [-0.3, -0.25) is 4.79 Å². The number of hydrogen-bond donors (Lipinski definition) is 1. The lowest BCUT2D eigenvalue weighted by Gasteiger charge is -2.23. The highest BCUT2D eigenvalue weighted by Gasteiger charge is 2.42. The van der Waals surface area contributed by atoms with Crippen molar-refractivity contribution in [2.24, 2.45) is 5.92 Å². The van der Waals surface area contributed by atoms with Crippen LogP contribution in [0.15, 0.2) is 53.7 Å². The Labute approximate surface area is 208 Å². The minimum atomic E-state index is -4.58. The molecule has 0 radical (unpaired) electrons. The average molecular weight is 546 g/mol. The van der Waals surface area contributed by atoms with Gasteiger partial charge in [-0.05, 0) is 48.7 Å². The molecule has 4 rings (SSSR count). The molecule has 36 heavy (non-hydrogen) atoms. The Morgan fingerprint density at radius 1 is 1.19 bits per heavy atom. The Morgan fingerprint density at radius 3 is 2.50 bits per heavy atom. The highest BCUT2D eigenvalue weighted by molar-refractivity contribution is 7.89. The van der Waals surface area contributed by atoms with E-state index in [1.807, 2.05) is 6.92 Å². The minimum Gasteiger partial charge on any atom is -0.350 e. The number of alkyl halides is 3. The normalized spacial score (nSPS) is 18.9. The van der Waals surface area contributed by atoms with Crippen LogP contribution in [0.1, 0.15) is 24.6 Å². The molecule has 1 aliphatic heterocycles. The molecule has 0 aliphatic carbocycles. The maximum absolute atomic E-state index is 13.2. The lowest BCUT2D eigenvalue weighted by Crippen LogP contribution is -2.45. The van der Waals surface area contributed by atoms with Crippen LogP contribution >= 0.6 is 11.6 Å². The SMILES string of the molecule is C[C@@H]1C[C@@H](C(=O)NCc2cn(-c3ccc(C(F)(F)F)nc3)nc2Cl)N(S(=O)(=O)c2ccc(F)cc2)C1. The van der Waals surface area contributed by atoms with Gasteiger partial charge in [0.15, 0.2) is 5.15 Å². The maximum Gasteiger partial charge on any atom is 0.433 e. The Hall–Kier alpha value is -3.03. The Kier molecular flexibility index (Phi) is 7.08. The van der Waals surface area contributed by atoms with Crippen molar-refractivity contribution in [1.82, 2.24) is 24.4 Å².